The van der Waals surface area contributed by atoms with Gasteiger partial charge in [0.2, 0.25) is 0 Å². The van der Waals surface area contributed by atoms with Crippen molar-refractivity contribution in [3.63, 3.8) is 0 Å². The van der Waals surface area contributed by atoms with Crippen LogP contribution in [0.25, 0.3) is 28.3 Å². The summed E-state index contributed by atoms with van der Waals surface area (Å²) in [4.78, 5) is 21.6. The average Bonchev–Trinajstić information content (AvgIpc) is 3.47. The fourth-order valence-corrected chi connectivity index (χ4v) is 3.56. The number of hydrogen-bond acceptors (Lipinski definition) is 4. The lowest BCUT2D eigenvalue weighted by molar-refractivity contribution is -0.137. The predicted octanol–water partition coefficient (Wildman–Crippen LogP) is 5.06. The maximum Gasteiger partial charge on any atom is 0.417 e. The first-order valence-electron chi connectivity index (χ1n) is 9.82. The lowest BCUT2D eigenvalue weighted by Gasteiger charge is -2.13. The number of carbonyl (C=O) groups is 1. The number of aromatic amines is 1. The molecule has 0 atom stereocenters. The van der Waals surface area contributed by atoms with Gasteiger partial charge in [-0.1, -0.05) is 36.4 Å². The quantitative estimate of drug-likeness (QED) is 0.402. The fraction of sp³-hybridized carbons (Fsp3) is 0.0435. The third-order valence-electron chi connectivity index (χ3n) is 5.07. The van der Waals surface area contributed by atoms with Crippen molar-refractivity contribution in [1.29, 1.82) is 0 Å². The van der Waals surface area contributed by atoms with E-state index in [2.05, 4.69) is 25.5 Å². The Morgan fingerprint density at radius 1 is 1.00 bits per heavy atom. The molecule has 0 aliphatic carbocycles. The van der Waals surface area contributed by atoms with E-state index in [1.165, 1.54) is 0 Å². The van der Waals surface area contributed by atoms with Crippen molar-refractivity contribution in [2.45, 2.75) is 6.18 Å². The van der Waals surface area contributed by atoms with Crippen LogP contribution in [0.5, 0.6) is 0 Å². The summed E-state index contributed by atoms with van der Waals surface area (Å²) >= 11 is 0. The molecule has 3 heterocycles. The number of nitrogens with zero attached hydrogens (tertiary/aromatic N) is 4. The van der Waals surface area contributed by atoms with Crippen LogP contribution >= 0.6 is 0 Å². The second kappa shape index (κ2) is 7.90. The number of halogens is 3. The molecular formula is C23H15F3N6O. The monoisotopic (exact) mass is 448 g/mol. The topological polar surface area (TPSA) is 88.0 Å². The van der Waals surface area contributed by atoms with Gasteiger partial charge < -0.3 is 5.32 Å². The molecule has 0 radical (unpaired) electrons. The van der Waals surface area contributed by atoms with Gasteiger partial charge in [-0.15, -0.1) is 0 Å². The van der Waals surface area contributed by atoms with Crippen LogP contribution in [0, 0.1) is 0 Å². The number of H-pyrrole nitrogens is 1. The number of hydrogen-bond donors (Lipinski definition) is 2. The lowest BCUT2D eigenvalue weighted by atomic mass is 10.0. The number of carbonyl (C=O) groups excluding carboxylic acids is 1. The molecule has 1 amide bonds. The number of amides is 1. The number of anilines is 1. The smallest absolute Gasteiger partial charge is 0.306 e. The van der Waals surface area contributed by atoms with Gasteiger partial charge in [-0.3, -0.25) is 14.3 Å². The minimum absolute atomic E-state index is 0.0271. The van der Waals surface area contributed by atoms with Gasteiger partial charge in [0.05, 0.1) is 5.56 Å². The van der Waals surface area contributed by atoms with Gasteiger partial charge in [-0.25, -0.2) is 9.97 Å². The number of pyridine rings is 1. The molecule has 0 saturated carbocycles. The Morgan fingerprint density at radius 3 is 2.52 bits per heavy atom. The molecule has 7 nitrogen and oxygen atoms in total. The number of benzene rings is 2. The van der Waals surface area contributed by atoms with E-state index in [1.807, 2.05) is 36.4 Å². The van der Waals surface area contributed by atoms with Gasteiger partial charge in [0.25, 0.3) is 5.91 Å². The standard InChI is InChI=1S/C23H15F3N6O/c24-23(25,26)17-10-9-15(12-16(17)20-27-13-28-31-20)22(33)30-21-19(14-6-2-1-3-7-14)29-18-8-4-5-11-32(18)21/h1-13H,(H,30,33)(H,27,28,31). The fourth-order valence-electron chi connectivity index (χ4n) is 3.56. The molecule has 2 N–H and O–H groups in total. The van der Waals surface area contributed by atoms with E-state index < -0.39 is 17.6 Å². The van der Waals surface area contributed by atoms with Gasteiger partial charge in [0.1, 0.15) is 23.5 Å². The van der Waals surface area contributed by atoms with Gasteiger partial charge in [-0.05, 0) is 30.3 Å². The first-order chi connectivity index (χ1) is 15.9. The van der Waals surface area contributed by atoms with Gasteiger partial charge in [0.15, 0.2) is 5.82 Å². The maximum atomic E-state index is 13.5. The molecule has 5 rings (SSSR count). The second-order valence-electron chi connectivity index (χ2n) is 7.15. The summed E-state index contributed by atoms with van der Waals surface area (Å²) in [6, 6.07) is 17.8. The third kappa shape index (κ3) is 3.82. The number of nitrogens with one attached hydrogen (secondary N) is 2. The Morgan fingerprint density at radius 2 is 1.79 bits per heavy atom. The SMILES string of the molecule is O=C(Nc1c(-c2ccccc2)nc2ccccn12)c1ccc(C(F)(F)F)c(-c2ncn[nH]2)c1. The Hall–Kier alpha value is -4.47. The minimum Gasteiger partial charge on any atom is -0.306 e. The van der Waals surface area contributed by atoms with E-state index in [0.717, 1.165) is 30.1 Å². The molecule has 0 fully saturated rings. The largest absolute Gasteiger partial charge is 0.417 e. The number of rotatable bonds is 4. The summed E-state index contributed by atoms with van der Waals surface area (Å²) < 4.78 is 42.3. The van der Waals surface area contributed by atoms with Crippen molar-refractivity contribution in [3.05, 3.63) is 90.4 Å². The Labute approximate surface area is 184 Å². The molecule has 0 saturated heterocycles. The van der Waals surface area contributed by atoms with Crippen molar-refractivity contribution in [3.8, 4) is 22.6 Å². The number of fused-ring (bicyclic) bond motifs is 1. The molecule has 3 aromatic heterocycles. The van der Waals surface area contributed by atoms with Crippen molar-refractivity contribution in [2.24, 2.45) is 0 Å². The minimum atomic E-state index is -4.63. The van der Waals surface area contributed by atoms with Crippen molar-refractivity contribution >= 4 is 17.4 Å². The molecule has 0 spiro atoms. The third-order valence-corrected chi connectivity index (χ3v) is 5.07. The molecule has 5 aromatic rings. The highest BCUT2D eigenvalue weighted by molar-refractivity contribution is 6.06. The molecule has 10 heteroatoms. The molecule has 0 bridgehead atoms. The van der Waals surface area contributed by atoms with E-state index in [0.29, 0.717) is 17.2 Å². The average molecular weight is 448 g/mol. The lowest BCUT2D eigenvalue weighted by Crippen LogP contribution is -2.16. The second-order valence-corrected chi connectivity index (χ2v) is 7.15. The van der Waals surface area contributed by atoms with Crippen LogP contribution in [0.15, 0.2) is 79.3 Å². The molecule has 164 valence electrons. The Bertz CT molecular complexity index is 1440. The van der Waals surface area contributed by atoms with Crippen LogP contribution in [0.4, 0.5) is 19.0 Å². The van der Waals surface area contributed by atoms with E-state index in [9.17, 15) is 18.0 Å². The van der Waals surface area contributed by atoms with E-state index >= 15 is 0 Å². The highest BCUT2D eigenvalue weighted by atomic mass is 19.4. The Balaban J connectivity index is 1.58. The normalized spacial score (nSPS) is 11.6. The van der Waals surface area contributed by atoms with Crippen LogP contribution in [0.1, 0.15) is 15.9 Å². The highest BCUT2D eigenvalue weighted by Crippen LogP contribution is 2.36. The van der Waals surface area contributed by atoms with Crippen LogP contribution in [-0.4, -0.2) is 30.5 Å². The first-order valence-corrected chi connectivity index (χ1v) is 9.82. The van der Waals surface area contributed by atoms with Gasteiger partial charge >= 0.3 is 6.18 Å². The summed E-state index contributed by atoms with van der Waals surface area (Å²) in [5.41, 5.74) is 0.772. The molecular weight excluding hydrogens is 433 g/mol. The van der Waals surface area contributed by atoms with E-state index in [1.54, 1.807) is 22.7 Å². The summed E-state index contributed by atoms with van der Waals surface area (Å²) in [5.74, 6) is -0.271. The predicted molar refractivity (Wildman–Crippen MR) is 115 cm³/mol. The number of aromatic nitrogens is 5. The van der Waals surface area contributed by atoms with Crippen LogP contribution in [0.3, 0.4) is 0 Å². The van der Waals surface area contributed by atoms with Gasteiger partial charge in [-0.2, -0.15) is 18.3 Å². The summed E-state index contributed by atoms with van der Waals surface area (Å²) in [7, 11) is 0. The van der Waals surface area contributed by atoms with E-state index in [4.69, 9.17) is 0 Å². The Kier molecular flexibility index (Phi) is 4.89. The first kappa shape index (κ1) is 20.4. The molecule has 0 aliphatic heterocycles. The van der Waals surface area contributed by atoms with Crippen LogP contribution in [-0.2, 0) is 6.18 Å². The number of imidazole rings is 1. The summed E-state index contributed by atoms with van der Waals surface area (Å²) in [5, 5.41) is 8.86. The van der Waals surface area contributed by atoms with Crippen molar-refractivity contribution in [1.82, 2.24) is 24.6 Å². The van der Waals surface area contributed by atoms with Crippen LogP contribution in [0.2, 0.25) is 0 Å². The molecule has 2 aromatic carbocycles. The molecule has 0 aliphatic rings. The van der Waals surface area contributed by atoms with Gasteiger partial charge in [0, 0.05) is 22.9 Å². The number of alkyl halides is 3. The molecule has 0 unspecified atom stereocenters. The summed E-state index contributed by atoms with van der Waals surface area (Å²) in [6.45, 7) is 0. The van der Waals surface area contributed by atoms with E-state index in [-0.39, 0.29) is 17.0 Å². The molecule has 33 heavy (non-hydrogen) atoms. The highest BCUT2D eigenvalue weighted by Gasteiger charge is 2.35. The zero-order chi connectivity index (χ0) is 23.0. The van der Waals surface area contributed by atoms with Crippen molar-refractivity contribution in [2.75, 3.05) is 5.32 Å². The maximum absolute atomic E-state index is 13.5. The summed E-state index contributed by atoms with van der Waals surface area (Å²) in [6.07, 6.45) is -1.77. The van der Waals surface area contributed by atoms with Crippen LogP contribution < -0.4 is 5.32 Å². The zero-order valence-corrected chi connectivity index (χ0v) is 16.8. The van der Waals surface area contributed by atoms with Crippen molar-refractivity contribution < 1.29 is 18.0 Å². The zero-order valence-electron chi connectivity index (χ0n) is 16.8.